The summed E-state index contributed by atoms with van der Waals surface area (Å²) in [6.45, 7) is 2.47. The molecule has 0 aromatic heterocycles. The number of carbonyl (C=O) groups excluding carboxylic acids is 1. The zero-order chi connectivity index (χ0) is 18.7. The lowest BCUT2D eigenvalue weighted by Gasteiger charge is -2.38. The number of nitrogens with zero attached hydrogens (tertiary/aromatic N) is 2. The molecule has 136 valence electrons. The van der Waals surface area contributed by atoms with Crippen molar-refractivity contribution < 1.29 is 19.6 Å². The van der Waals surface area contributed by atoms with Gasteiger partial charge in [-0.05, 0) is 19.1 Å². The Kier molecular flexibility index (Phi) is 5.29. The minimum Gasteiger partial charge on any atom is -0.394 e. The van der Waals surface area contributed by atoms with Crippen LogP contribution in [-0.4, -0.2) is 47.7 Å². The van der Waals surface area contributed by atoms with E-state index in [0.717, 1.165) is 0 Å². The number of hydrogen-bond acceptors (Lipinski definition) is 6. The molecule has 1 N–H and O–H groups in total. The van der Waals surface area contributed by atoms with E-state index in [9.17, 15) is 20.0 Å². The lowest BCUT2D eigenvalue weighted by Crippen LogP contribution is -2.49. The highest BCUT2D eigenvalue weighted by Gasteiger charge is 2.31. The molecule has 2 unspecified atom stereocenters. The largest absolute Gasteiger partial charge is 0.394 e. The van der Waals surface area contributed by atoms with Crippen molar-refractivity contribution in [2.75, 3.05) is 24.7 Å². The Bertz CT molecular complexity index is 809. The van der Waals surface area contributed by atoms with E-state index in [4.69, 9.17) is 4.74 Å². The van der Waals surface area contributed by atoms with Crippen LogP contribution in [0.5, 0.6) is 0 Å². The zero-order valence-electron chi connectivity index (χ0n) is 14.4. The Morgan fingerprint density at radius 1 is 1.27 bits per heavy atom. The van der Waals surface area contributed by atoms with E-state index in [2.05, 4.69) is 0 Å². The molecule has 0 radical (unpaired) electrons. The average molecular weight is 356 g/mol. The van der Waals surface area contributed by atoms with E-state index in [1.54, 1.807) is 42.5 Å². The number of nitro benzene ring substituents is 1. The Balaban J connectivity index is 1.97. The molecule has 1 aliphatic heterocycles. The summed E-state index contributed by atoms with van der Waals surface area (Å²) >= 11 is 0. The zero-order valence-corrected chi connectivity index (χ0v) is 14.4. The second-order valence-corrected chi connectivity index (χ2v) is 6.30. The minimum absolute atomic E-state index is 0.0767. The number of carbonyl (C=O) groups is 1. The number of morpholine rings is 1. The van der Waals surface area contributed by atoms with Gasteiger partial charge in [-0.1, -0.05) is 30.3 Å². The molecule has 0 amide bonds. The lowest BCUT2D eigenvalue weighted by atomic mass is 10.0. The number of hydrogen-bond donors (Lipinski definition) is 1. The second kappa shape index (κ2) is 7.63. The van der Waals surface area contributed by atoms with Gasteiger partial charge in [-0.15, -0.1) is 0 Å². The van der Waals surface area contributed by atoms with Gasteiger partial charge in [0.05, 0.1) is 24.2 Å². The van der Waals surface area contributed by atoms with E-state index in [-0.39, 0.29) is 29.7 Å². The number of aliphatic hydroxyl groups is 1. The molecular weight excluding hydrogens is 336 g/mol. The minimum atomic E-state index is -0.479. The molecule has 1 fully saturated rings. The first kappa shape index (κ1) is 18.0. The normalized spacial score (nSPS) is 20.0. The molecule has 1 saturated heterocycles. The average Bonchev–Trinajstić information content (AvgIpc) is 2.68. The van der Waals surface area contributed by atoms with Gasteiger partial charge in [-0.2, -0.15) is 0 Å². The summed E-state index contributed by atoms with van der Waals surface area (Å²) in [5.74, 6) is -0.261. The highest BCUT2D eigenvalue weighted by atomic mass is 16.6. The standard InChI is InChI=1S/C19H20N2O5/c1-13-12-26-16(11-22)10-20(13)17-8-7-15(9-18(17)21(24)25)19(23)14-5-3-2-4-6-14/h2-9,13,16,22H,10-12H2,1H3. The summed E-state index contributed by atoms with van der Waals surface area (Å²) in [6.07, 6.45) is -0.392. The van der Waals surface area contributed by atoms with Gasteiger partial charge in [-0.3, -0.25) is 14.9 Å². The van der Waals surface area contributed by atoms with E-state index >= 15 is 0 Å². The van der Waals surface area contributed by atoms with Crippen molar-refractivity contribution in [2.24, 2.45) is 0 Å². The maximum Gasteiger partial charge on any atom is 0.293 e. The van der Waals surface area contributed by atoms with Crippen molar-refractivity contribution in [3.8, 4) is 0 Å². The summed E-state index contributed by atoms with van der Waals surface area (Å²) in [4.78, 5) is 25.6. The van der Waals surface area contributed by atoms with Crippen molar-refractivity contribution in [3.63, 3.8) is 0 Å². The van der Waals surface area contributed by atoms with Crippen LogP contribution in [0.4, 0.5) is 11.4 Å². The number of ether oxygens (including phenoxy) is 1. The molecule has 1 aliphatic rings. The van der Waals surface area contributed by atoms with Crippen LogP contribution in [0.25, 0.3) is 0 Å². The molecule has 0 bridgehead atoms. The first-order valence-electron chi connectivity index (χ1n) is 8.38. The van der Waals surface area contributed by atoms with E-state index in [1.165, 1.54) is 6.07 Å². The SMILES string of the molecule is CC1COC(CO)CN1c1ccc(C(=O)c2ccccc2)cc1[N+](=O)[O-]. The van der Waals surface area contributed by atoms with Gasteiger partial charge in [0, 0.05) is 29.8 Å². The molecule has 3 rings (SSSR count). The monoisotopic (exact) mass is 356 g/mol. The van der Waals surface area contributed by atoms with Crippen LogP contribution < -0.4 is 4.90 Å². The molecule has 7 nitrogen and oxygen atoms in total. The smallest absolute Gasteiger partial charge is 0.293 e. The van der Waals surface area contributed by atoms with E-state index in [0.29, 0.717) is 24.4 Å². The summed E-state index contributed by atoms with van der Waals surface area (Å²) in [5.41, 5.74) is 1.05. The quantitative estimate of drug-likeness (QED) is 0.502. The topological polar surface area (TPSA) is 92.9 Å². The van der Waals surface area contributed by atoms with Crippen LogP contribution in [-0.2, 0) is 4.74 Å². The molecule has 0 spiro atoms. The number of aliphatic hydroxyl groups excluding tert-OH is 1. The van der Waals surface area contributed by atoms with E-state index in [1.807, 2.05) is 11.8 Å². The third-order valence-electron chi connectivity index (χ3n) is 4.49. The van der Waals surface area contributed by atoms with Crippen LogP contribution in [0.2, 0.25) is 0 Å². The summed E-state index contributed by atoms with van der Waals surface area (Å²) in [7, 11) is 0. The second-order valence-electron chi connectivity index (χ2n) is 6.30. The van der Waals surface area contributed by atoms with Gasteiger partial charge < -0.3 is 14.7 Å². The lowest BCUT2D eigenvalue weighted by molar-refractivity contribution is -0.384. The van der Waals surface area contributed by atoms with Crippen molar-refractivity contribution in [1.82, 2.24) is 0 Å². The Hall–Kier alpha value is -2.77. The van der Waals surface area contributed by atoms with Crippen LogP contribution in [0.1, 0.15) is 22.8 Å². The van der Waals surface area contributed by atoms with Crippen molar-refractivity contribution in [2.45, 2.75) is 19.1 Å². The number of ketones is 1. The molecule has 1 heterocycles. The van der Waals surface area contributed by atoms with Gasteiger partial charge in [0.15, 0.2) is 5.78 Å². The van der Waals surface area contributed by atoms with Crippen molar-refractivity contribution in [1.29, 1.82) is 0 Å². The fourth-order valence-electron chi connectivity index (χ4n) is 3.07. The molecule has 26 heavy (non-hydrogen) atoms. The Morgan fingerprint density at radius 3 is 2.65 bits per heavy atom. The summed E-state index contributed by atoms with van der Waals surface area (Å²) in [5, 5.41) is 21.0. The third kappa shape index (κ3) is 3.58. The van der Waals surface area contributed by atoms with Crippen LogP contribution in [0, 0.1) is 10.1 Å². The summed E-state index contributed by atoms with van der Waals surface area (Å²) < 4.78 is 5.50. The molecule has 2 atom stereocenters. The number of rotatable bonds is 5. The number of anilines is 1. The first-order chi connectivity index (χ1) is 12.5. The van der Waals surface area contributed by atoms with Crippen LogP contribution in [0.3, 0.4) is 0 Å². The maximum atomic E-state index is 12.6. The predicted octanol–water partition coefficient (Wildman–Crippen LogP) is 2.41. The summed E-state index contributed by atoms with van der Waals surface area (Å²) in [6, 6.07) is 13.1. The molecule has 0 aliphatic carbocycles. The number of nitro groups is 1. The molecule has 0 saturated carbocycles. The van der Waals surface area contributed by atoms with Gasteiger partial charge in [0.25, 0.3) is 5.69 Å². The van der Waals surface area contributed by atoms with Crippen LogP contribution >= 0.6 is 0 Å². The molecule has 2 aromatic carbocycles. The highest BCUT2D eigenvalue weighted by Crippen LogP contribution is 2.33. The molecular formula is C19H20N2O5. The fourth-order valence-corrected chi connectivity index (χ4v) is 3.07. The van der Waals surface area contributed by atoms with E-state index < -0.39 is 11.0 Å². The van der Waals surface area contributed by atoms with Gasteiger partial charge in [0.2, 0.25) is 0 Å². The molecule has 2 aromatic rings. The highest BCUT2D eigenvalue weighted by molar-refractivity contribution is 6.09. The van der Waals surface area contributed by atoms with Gasteiger partial charge in [-0.25, -0.2) is 0 Å². The molecule has 7 heteroatoms. The maximum absolute atomic E-state index is 12.6. The third-order valence-corrected chi connectivity index (χ3v) is 4.49. The van der Waals surface area contributed by atoms with Crippen LogP contribution in [0.15, 0.2) is 48.5 Å². The van der Waals surface area contributed by atoms with Gasteiger partial charge in [0.1, 0.15) is 5.69 Å². The number of benzene rings is 2. The predicted molar refractivity (Wildman–Crippen MR) is 96.6 cm³/mol. The van der Waals surface area contributed by atoms with Crippen molar-refractivity contribution in [3.05, 3.63) is 69.8 Å². The first-order valence-corrected chi connectivity index (χ1v) is 8.38. The fraction of sp³-hybridized carbons (Fsp3) is 0.316. The van der Waals surface area contributed by atoms with Gasteiger partial charge >= 0.3 is 0 Å². The Morgan fingerprint density at radius 2 is 2.00 bits per heavy atom. The Labute approximate surface area is 151 Å². The van der Waals surface area contributed by atoms with Crippen molar-refractivity contribution >= 4 is 17.2 Å².